The van der Waals surface area contributed by atoms with Gasteiger partial charge in [-0.25, -0.2) is 0 Å². The van der Waals surface area contributed by atoms with Crippen molar-refractivity contribution in [1.29, 1.82) is 5.26 Å². The number of rotatable bonds is 3. The Labute approximate surface area is 107 Å². The highest BCUT2D eigenvalue weighted by Gasteiger charge is 2.35. The molecule has 1 saturated carbocycles. The first-order valence-electron chi connectivity index (χ1n) is 6.54. The standard InChI is InChI=1S/C13H20N2OS/c14-10-13(5-1-2-6-13)15-12(16)9-11-3-7-17-8-4-11/h11H,1-9H2,(H,15,16). The van der Waals surface area contributed by atoms with Gasteiger partial charge in [-0.3, -0.25) is 4.79 Å². The summed E-state index contributed by atoms with van der Waals surface area (Å²) in [7, 11) is 0. The second kappa shape index (κ2) is 5.77. The molecule has 17 heavy (non-hydrogen) atoms. The van der Waals surface area contributed by atoms with Crippen LogP contribution >= 0.6 is 11.8 Å². The number of carbonyl (C=O) groups excluding carboxylic acids is 1. The molecule has 2 rings (SSSR count). The van der Waals surface area contributed by atoms with E-state index in [-0.39, 0.29) is 5.91 Å². The monoisotopic (exact) mass is 252 g/mol. The van der Waals surface area contributed by atoms with Gasteiger partial charge in [-0.05, 0) is 55.9 Å². The zero-order chi connectivity index (χ0) is 12.1. The summed E-state index contributed by atoms with van der Waals surface area (Å²) in [6.07, 6.45) is 6.70. The fourth-order valence-corrected chi connectivity index (χ4v) is 3.98. The van der Waals surface area contributed by atoms with E-state index < -0.39 is 5.54 Å². The van der Waals surface area contributed by atoms with E-state index in [1.165, 1.54) is 11.5 Å². The van der Waals surface area contributed by atoms with Crippen LogP contribution in [-0.4, -0.2) is 23.0 Å². The Bertz CT molecular complexity index is 312. The van der Waals surface area contributed by atoms with Gasteiger partial charge in [0.2, 0.25) is 5.91 Å². The molecule has 1 aliphatic heterocycles. The number of nitriles is 1. The van der Waals surface area contributed by atoms with Crippen molar-refractivity contribution < 1.29 is 4.79 Å². The Morgan fingerprint density at radius 3 is 2.59 bits per heavy atom. The van der Waals surface area contributed by atoms with Gasteiger partial charge in [0.1, 0.15) is 5.54 Å². The van der Waals surface area contributed by atoms with Crippen molar-refractivity contribution in [3.63, 3.8) is 0 Å². The van der Waals surface area contributed by atoms with Gasteiger partial charge in [0, 0.05) is 6.42 Å². The zero-order valence-electron chi connectivity index (χ0n) is 10.2. The van der Waals surface area contributed by atoms with Gasteiger partial charge < -0.3 is 5.32 Å². The van der Waals surface area contributed by atoms with Crippen LogP contribution in [0.5, 0.6) is 0 Å². The van der Waals surface area contributed by atoms with Crippen LogP contribution in [0.1, 0.15) is 44.9 Å². The molecular formula is C13H20N2OS. The fraction of sp³-hybridized carbons (Fsp3) is 0.846. The predicted molar refractivity (Wildman–Crippen MR) is 69.6 cm³/mol. The molecule has 1 amide bonds. The Morgan fingerprint density at radius 2 is 2.00 bits per heavy atom. The van der Waals surface area contributed by atoms with E-state index in [4.69, 9.17) is 0 Å². The Hall–Kier alpha value is -0.690. The second-order valence-corrected chi connectivity index (χ2v) is 6.43. The fourth-order valence-electron chi connectivity index (χ4n) is 2.77. The van der Waals surface area contributed by atoms with Crippen molar-refractivity contribution in [2.45, 2.75) is 50.5 Å². The minimum Gasteiger partial charge on any atom is -0.338 e. The lowest BCUT2D eigenvalue weighted by molar-refractivity contribution is -0.123. The third-order valence-electron chi connectivity index (χ3n) is 3.86. The lowest BCUT2D eigenvalue weighted by Gasteiger charge is -2.25. The number of amides is 1. The highest BCUT2D eigenvalue weighted by atomic mass is 32.2. The minimum absolute atomic E-state index is 0.0883. The summed E-state index contributed by atoms with van der Waals surface area (Å²) in [4.78, 5) is 12.0. The quantitative estimate of drug-likeness (QED) is 0.839. The summed E-state index contributed by atoms with van der Waals surface area (Å²) in [6.45, 7) is 0. The molecule has 0 radical (unpaired) electrons. The molecule has 1 saturated heterocycles. The molecular weight excluding hydrogens is 232 g/mol. The van der Waals surface area contributed by atoms with Crippen LogP contribution in [0.25, 0.3) is 0 Å². The van der Waals surface area contributed by atoms with E-state index in [1.54, 1.807) is 0 Å². The van der Waals surface area contributed by atoms with Crippen molar-refractivity contribution >= 4 is 17.7 Å². The Balaban J connectivity index is 1.82. The largest absolute Gasteiger partial charge is 0.338 e. The van der Waals surface area contributed by atoms with Crippen molar-refractivity contribution in [3.05, 3.63) is 0 Å². The summed E-state index contributed by atoms with van der Waals surface area (Å²) in [5.74, 6) is 2.99. The Morgan fingerprint density at radius 1 is 1.35 bits per heavy atom. The lowest BCUT2D eigenvalue weighted by Crippen LogP contribution is -2.45. The average molecular weight is 252 g/mol. The molecule has 2 aliphatic rings. The molecule has 0 aromatic heterocycles. The maximum atomic E-state index is 12.0. The molecule has 0 aromatic rings. The third kappa shape index (κ3) is 3.38. The number of hydrogen-bond donors (Lipinski definition) is 1. The first-order chi connectivity index (χ1) is 8.24. The molecule has 0 atom stereocenters. The topological polar surface area (TPSA) is 52.9 Å². The summed E-state index contributed by atoms with van der Waals surface area (Å²) in [6, 6.07) is 2.31. The molecule has 0 aromatic carbocycles. The third-order valence-corrected chi connectivity index (χ3v) is 4.91. The highest BCUT2D eigenvalue weighted by molar-refractivity contribution is 7.99. The van der Waals surface area contributed by atoms with E-state index in [0.29, 0.717) is 12.3 Å². The van der Waals surface area contributed by atoms with Crippen molar-refractivity contribution in [2.24, 2.45) is 5.92 Å². The summed E-state index contributed by atoms with van der Waals surface area (Å²) in [5, 5.41) is 12.2. The second-order valence-electron chi connectivity index (χ2n) is 5.21. The molecule has 1 aliphatic carbocycles. The lowest BCUT2D eigenvalue weighted by atomic mass is 9.95. The summed E-state index contributed by atoms with van der Waals surface area (Å²) >= 11 is 1.98. The molecule has 1 N–H and O–H groups in total. The van der Waals surface area contributed by atoms with E-state index >= 15 is 0 Å². The first kappa shape index (κ1) is 12.8. The van der Waals surface area contributed by atoms with Gasteiger partial charge in [-0.15, -0.1) is 0 Å². The van der Waals surface area contributed by atoms with E-state index in [9.17, 15) is 10.1 Å². The van der Waals surface area contributed by atoms with Gasteiger partial charge in [0.05, 0.1) is 6.07 Å². The van der Waals surface area contributed by atoms with Gasteiger partial charge in [0.15, 0.2) is 0 Å². The Kier molecular flexibility index (Phi) is 4.33. The van der Waals surface area contributed by atoms with Gasteiger partial charge in [0.25, 0.3) is 0 Å². The van der Waals surface area contributed by atoms with E-state index in [0.717, 1.165) is 38.5 Å². The maximum Gasteiger partial charge on any atom is 0.221 e. The highest BCUT2D eigenvalue weighted by Crippen LogP contribution is 2.30. The van der Waals surface area contributed by atoms with Crippen LogP contribution in [-0.2, 0) is 4.79 Å². The van der Waals surface area contributed by atoms with Crippen LogP contribution in [0.3, 0.4) is 0 Å². The van der Waals surface area contributed by atoms with Crippen LogP contribution < -0.4 is 5.32 Å². The van der Waals surface area contributed by atoms with Crippen LogP contribution in [0, 0.1) is 17.2 Å². The summed E-state index contributed by atoms with van der Waals surface area (Å²) in [5.41, 5.74) is -0.541. The van der Waals surface area contributed by atoms with Crippen molar-refractivity contribution in [3.8, 4) is 6.07 Å². The normalized spacial score (nSPS) is 24.2. The summed E-state index contributed by atoms with van der Waals surface area (Å²) < 4.78 is 0. The first-order valence-corrected chi connectivity index (χ1v) is 7.70. The van der Waals surface area contributed by atoms with Gasteiger partial charge in [-0.2, -0.15) is 17.0 Å². The van der Waals surface area contributed by atoms with E-state index in [1.807, 2.05) is 11.8 Å². The molecule has 4 heteroatoms. The number of thioether (sulfide) groups is 1. The van der Waals surface area contributed by atoms with Crippen molar-refractivity contribution in [1.82, 2.24) is 5.32 Å². The number of nitrogens with zero attached hydrogens (tertiary/aromatic N) is 1. The predicted octanol–water partition coefficient (Wildman–Crippen LogP) is 2.47. The van der Waals surface area contributed by atoms with Crippen LogP contribution in [0.4, 0.5) is 0 Å². The SMILES string of the molecule is N#CC1(NC(=O)CC2CCSCC2)CCCC1. The van der Waals surface area contributed by atoms with Crippen LogP contribution in [0.15, 0.2) is 0 Å². The minimum atomic E-state index is -0.541. The number of carbonyl (C=O) groups is 1. The van der Waals surface area contributed by atoms with Crippen LogP contribution in [0.2, 0.25) is 0 Å². The van der Waals surface area contributed by atoms with Gasteiger partial charge >= 0.3 is 0 Å². The molecule has 1 heterocycles. The molecule has 0 unspecified atom stereocenters. The molecule has 2 fully saturated rings. The number of nitrogens with one attached hydrogen (secondary N) is 1. The average Bonchev–Trinajstić information content (AvgIpc) is 2.79. The number of hydrogen-bond acceptors (Lipinski definition) is 3. The maximum absolute atomic E-state index is 12.0. The van der Waals surface area contributed by atoms with Crippen molar-refractivity contribution in [2.75, 3.05) is 11.5 Å². The van der Waals surface area contributed by atoms with Gasteiger partial charge in [-0.1, -0.05) is 0 Å². The zero-order valence-corrected chi connectivity index (χ0v) is 11.0. The molecule has 0 bridgehead atoms. The smallest absolute Gasteiger partial charge is 0.221 e. The molecule has 94 valence electrons. The molecule has 0 spiro atoms. The molecule has 3 nitrogen and oxygen atoms in total. The van der Waals surface area contributed by atoms with E-state index in [2.05, 4.69) is 11.4 Å².